The van der Waals surface area contributed by atoms with E-state index in [9.17, 15) is 4.79 Å². The molecule has 2 aromatic carbocycles. The maximum Gasteiger partial charge on any atom is 0.251 e. The van der Waals surface area contributed by atoms with Crippen molar-refractivity contribution in [2.45, 2.75) is 39.8 Å². The molecule has 0 aliphatic carbocycles. The van der Waals surface area contributed by atoms with Gasteiger partial charge in [0.1, 0.15) is 5.75 Å². The molecule has 1 aliphatic rings. The highest BCUT2D eigenvalue weighted by Gasteiger charge is 2.16. The molecule has 4 nitrogen and oxygen atoms in total. The lowest BCUT2D eigenvalue weighted by molar-refractivity contribution is 0.0951. The second-order valence-electron chi connectivity index (χ2n) is 7.44. The van der Waals surface area contributed by atoms with E-state index in [1.54, 1.807) is 0 Å². The Kier molecular flexibility index (Phi) is 6.88. The Balaban J connectivity index is 1.52. The average molecular weight is 367 g/mol. The van der Waals surface area contributed by atoms with Gasteiger partial charge >= 0.3 is 0 Å². The van der Waals surface area contributed by atoms with Crippen molar-refractivity contribution in [3.8, 4) is 5.75 Å². The zero-order valence-corrected chi connectivity index (χ0v) is 16.4. The van der Waals surface area contributed by atoms with Gasteiger partial charge in [0.05, 0.1) is 6.61 Å². The fourth-order valence-corrected chi connectivity index (χ4v) is 3.65. The third-order valence-electron chi connectivity index (χ3n) is 5.03. The number of ether oxygens (including phenoxy) is 1. The minimum atomic E-state index is -0.0463. The molecule has 4 heteroatoms. The van der Waals surface area contributed by atoms with Crippen LogP contribution in [0.25, 0.3) is 0 Å². The maximum absolute atomic E-state index is 12.4. The normalized spacial score (nSPS) is 17.5. The Morgan fingerprint density at radius 1 is 1.19 bits per heavy atom. The summed E-state index contributed by atoms with van der Waals surface area (Å²) in [6.07, 6.45) is 2.62. The fraction of sp³-hybridized carbons (Fsp3) is 0.435. The molecule has 1 amide bonds. The highest BCUT2D eigenvalue weighted by Crippen LogP contribution is 2.18. The first kappa shape index (κ1) is 19.4. The van der Waals surface area contributed by atoms with Crippen molar-refractivity contribution in [1.29, 1.82) is 0 Å². The monoisotopic (exact) mass is 366 g/mol. The third-order valence-corrected chi connectivity index (χ3v) is 5.03. The molecule has 2 aromatic rings. The molecule has 144 valence electrons. The number of rotatable bonds is 7. The van der Waals surface area contributed by atoms with Gasteiger partial charge in [-0.2, -0.15) is 0 Å². The van der Waals surface area contributed by atoms with E-state index in [4.69, 9.17) is 4.74 Å². The van der Waals surface area contributed by atoms with Gasteiger partial charge in [0.2, 0.25) is 0 Å². The largest absolute Gasteiger partial charge is 0.494 e. The lowest BCUT2D eigenvalue weighted by Gasteiger charge is -2.30. The van der Waals surface area contributed by atoms with Crippen LogP contribution in [0.2, 0.25) is 0 Å². The molecule has 0 radical (unpaired) electrons. The highest BCUT2D eigenvalue weighted by molar-refractivity contribution is 5.94. The highest BCUT2D eigenvalue weighted by atomic mass is 16.5. The topological polar surface area (TPSA) is 41.6 Å². The second kappa shape index (κ2) is 9.56. The molecule has 3 rings (SSSR count). The standard InChI is InChI=1S/C23H30N2O2/c1-3-27-22-8-4-7-20(14-22)15-24-23(26)21-11-9-19(10-12-21)17-25-13-5-6-18(2)16-25/h4,7-12,14,18H,3,5-6,13,15-17H2,1-2H3,(H,24,26)/t18-/m0/s1. The molecule has 0 bridgehead atoms. The number of nitrogens with zero attached hydrogens (tertiary/aromatic N) is 1. The number of piperidine rings is 1. The predicted octanol–water partition coefficient (Wildman–Crippen LogP) is 4.25. The van der Waals surface area contributed by atoms with E-state index in [1.165, 1.54) is 31.5 Å². The summed E-state index contributed by atoms with van der Waals surface area (Å²) in [5.74, 6) is 1.57. The molecule has 0 aromatic heterocycles. The molecule has 1 N–H and O–H groups in total. The Morgan fingerprint density at radius 3 is 2.74 bits per heavy atom. The number of carbonyl (C=O) groups is 1. The predicted molar refractivity (Wildman–Crippen MR) is 109 cm³/mol. The van der Waals surface area contributed by atoms with Crippen LogP contribution in [0, 0.1) is 5.92 Å². The van der Waals surface area contributed by atoms with Gasteiger partial charge in [-0.25, -0.2) is 0 Å². The van der Waals surface area contributed by atoms with Crippen LogP contribution >= 0.6 is 0 Å². The molecular weight excluding hydrogens is 336 g/mol. The van der Waals surface area contributed by atoms with Crippen molar-refractivity contribution in [2.75, 3.05) is 19.7 Å². The molecule has 1 heterocycles. The van der Waals surface area contributed by atoms with E-state index in [-0.39, 0.29) is 5.91 Å². The summed E-state index contributed by atoms with van der Waals surface area (Å²) in [7, 11) is 0. The van der Waals surface area contributed by atoms with E-state index in [2.05, 4.69) is 29.3 Å². The van der Waals surface area contributed by atoms with Crippen LogP contribution in [0.15, 0.2) is 48.5 Å². The van der Waals surface area contributed by atoms with Crippen LogP contribution < -0.4 is 10.1 Å². The van der Waals surface area contributed by atoms with Crippen LogP contribution in [-0.2, 0) is 13.1 Å². The van der Waals surface area contributed by atoms with Crippen molar-refractivity contribution >= 4 is 5.91 Å². The summed E-state index contributed by atoms with van der Waals surface area (Å²) in [4.78, 5) is 14.9. The molecule has 0 saturated carbocycles. The first-order chi connectivity index (χ1) is 13.1. The minimum Gasteiger partial charge on any atom is -0.494 e. The molecule has 1 fully saturated rings. The molecule has 0 spiro atoms. The average Bonchev–Trinajstić information content (AvgIpc) is 2.67. The minimum absolute atomic E-state index is 0.0463. The first-order valence-electron chi connectivity index (χ1n) is 9.95. The summed E-state index contributed by atoms with van der Waals surface area (Å²) < 4.78 is 5.50. The molecule has 1 aliphatic heterocycles. The fourth-order valence-electron chi connectivity index (χ4n) is 3.65. The van der Waals surface area contributed by atoms with E-state index >= 15 is 0 Å². The van der Waals surface area contributed by atoms with Crippen molar-refractivity contribution in [1.82, 2.24) is 10.2 Å². The van der Waals surface area contributed by atoms with Crippen LogP contribution in [0.4, 0.5) is 0 Å². The maximum atomic E-state index is 12.4. The van der Waals surface area contributed by atoms with Gasteiger partial charge in [-0.15, -0.1) is 0 Å². The molecule has 1 atom stereocenters. The van der Waals surface area contributed by atoms with Crippen molar-refractivity contribution in [3.05, 3.63) is 65.2 Å². The third kappa shape index (κ3) is 5.83. The zero-order valence-electron chi connectivity index (χ0n) is 16.4. The smallest absolute Gasteiger partial charge is 0.251 e. The Bertz CT molecular complexity index is 742. The van der Waals surface area contributed by atoms with Crippen molar-refractivity contribution in [2.24, 2.45) is 5.92 Å². The van der Waals surface area contributed by atoms with Crippen LogP contribution in [0.1, 0.15) is 48.2 Å². The van der Waals surface area contributed by atoms with E-state index < -0.39 is 0 Å². The second-order valence-corrected chi connectivity index (χ2v) is 7.44. The molecular formula is C23H30N2O2. The van der Waals surface area contributed by atoms with Crippen LogP contribution in [0.3, 0.4) is 0 Å². The number of hydrogen-bond acceptors (Lipinski definition) is 3. The van der Waals surface area contributed by atoms with Gasteiger partial charge in [0.25, 0.3) is 5.91 Å². The SMILES string of the molecule is CCOc1cccc(CNC(=O)c2ccc(CN3CCC[C@H](C)C3)cc2)c1. The zero-order chi connectivity index (χ0) is 19.1. The lowest BCUT2D eigenvalue weighted by Crippen LogP contribution is -2.33. The van der Waals surface area contributed by atoms with Gasteiger partial charge in [0, 0.05) is 25.2 Å². The van der Waals surface area contributed by atoms with Gasteiger partial charge in [-0.05, 0) is 67.6 Å². The molecule has 1 saturated heterocycles. The van der Waals surface area contributed by atoms with Crippen molar-refractivity contribution < 1.29 is 9.53 Å². The summed E-state index contributed by atoms with van der Waals surface area (Å²) in [5, 5.41) is 2.99. The summed E-state index contributed by atoms with van der Waals surface area (Å²) in [5.41, 5.74) is 3.00. The number of likely N-dealkylation sites (tertiary alicyclic amines) is 1. The first-order valence-corrected chi connectivity index (χ1v) is 9.95. The summed E-state index contributed by atoms with van der Waals surface area (Å²) in [6, 6.07) is 15.8. The van der Waals surface area contributed by atoms with E-state index in [0.717, 1.165) is 23.8 Å². The van der Waals surface area contributed by atoms with Gasteiger partial charge in [0.15, 0.2) is 0 Å². The Labute approximate surface area is 162 Å². The quantitative estimate of drug-likeness (QED) is 0.797. The van der Waals surface area contributed by atoms with Gasteiger partial charge in [-0.3, -0.25) is 9.69 Å². The number of carbonyl (C=O) groups excluding carboxylic acids is 1. The van der Waals surface area contributed by atoms with Crippen LogP contribution in [-0.4, -0.2) is 30.5 Å². The summed E-state index contributed by atoms with van der Waals surface area (Å²) in [6.45, 7) is 8.73. The van der Waals surface area contributed by atoms with Crippen LogP contribution in [0.5, 0.6) is 5.75 Å². The molecule has 27 heavy (non-hydrogen) atoms. The van der Waals surface area contributed by atoms with E-state index in [0.29, 0.717) is 18.7 Å². The van der Waals surface area contributed by atoms with Gasteiger partial charge in [-0.1, -0.05) is 31.2 Å². The lowest BCUT2D eigenvalue weighted by atomic mass is 9.99. The number of benzene rings is 2. The van der Waals surface area contributed by atoms with Crippen molar-refractivity contribution in [3.63, 3.8) is 0 Å². The molecule has 0 unspecified atom stereocenters. The van der Waals surface area contributed by atoms with E-state index in [1.807, 2.05) is 43.3 Å². The van der Waals surface area contributed by atoms with Gasteiger partial charge < -0.3 is 10.1 Å². The number of amides is 1. The summed E-state index contributed by atoms with van der Waals surface area (Å²) >= 11 is 0. The Morgan fingerprint density at radius 2 is 2.00 bits per heavy atom. The number of hydrogen-bond donors (Lipinski definition) is 1. The Hall–Kier alpha value is -2.33. The number of nitrogens with one attached hydrogen (secondary N) is 1.